The van der Waals surface area contributed by atoms with Crippen LogP contribution >= 0.6 is 12.4 Å². The van der Waals surface area contributed by atoms with Crippen molar-refractivity contribution >= 4 is 18.4 Å². The monoisotopic (exact) mass is 356 g/mol. The quantitative estimate of drug-likeness (QED) is 0.794. The number of hydrogen-bond donors (Lipinski definition) is 1. The molecule has 136 valence electrons. The van der Waals surface area contributed by atoms with Crippen molar-refractivity contribution in [1.82, 2.24) is 10.2 Å². The van der Waals surface area contributed by atoms with E-state index in [2.05, 4.69) is 16.3 Å². The molecule has 0 aromatic heterocycles. The van der Waals surface area contributed by atoms with Crippen molar-refractivity contribution < 1.29 is 14.3 Å². The summed E-state index contributed by atoms with van der Waals surface area (Å²) in [6.45, 7) is 7.55. The standard InChI is InChI=1S/C18H28N2O3.ClH/c1-18(2,17(21)23-4)9-11-20-12-10-19-13-15(20)14-7-5-6-8-16(14)22-3;/h5-8,15,19H,9-13H2,1-4H3;1H. The molecular formula is C18H29ClN2O3. The molecule has 1 saturated heterocycles. The number of nitrogens with one attached hydrogen (secondary N) is 1. The summed E-state index contributed by atoms with van der Waals surface area (Å²) in [4.78, 5) is 14.3. The van der Waals surface area contributed by atoms with Gasteiger partial charge in [-0.1, -0.05) is 18.2 Å². The van der Waals surface area contributed by atoms with Gasteiger partial charge in [0.25, 0.3) is 0 Å². The van der Waals surface area contributed by atoms with E-state index in [1.54, 1.807) is 7.11 Å². The van der Waals surface area contributed by atoms with Crippen molar-refractivity contribution in [2.24, 2.45) is 5.41 Å². The van der Waals surface area contributed by atoms with E-state index in [4.69, 9.17) is 9.47 Å². The van der Waals surface area contributed by atoms with E-state index in [0.29, 0.717) is 0 Å². The molecule has 1 aromatic carbocycles. The number of benzene rings is 1. The van der Waals surface area contributed by atoms with E-state index in [0.717, 1.165) is 38.3 Å². The van der Waals surface area contributed by atoms with Gasteiger partial charge in [0.05, 0.1) is 25.7 Å². The van der Waals surface area contributed by atoms with Crippen molar-refractivity contribution in [1.29, 1.82) is 0 Å². The van der Waals surface area contributed by atoms with E-state index in [9.17, 15) is 4.79 Å². The van der Waals surface area contributed by atoms with Gasteiger partial charge in [-0.15, -0.1) is 12.4 Å². The van der Waals surface area contributed by atoms with Crippen molar-refractivity contribution in [3.05, 3.63) is 29.8 Å². The van der Waals surface area contributed by atoms with Crippen LogP contribution in [0, 0.1) is 5.41 Å². The number of hydrogen-bond acceptors (Lipinski definition) is 5. The highest BCUT2D eigenvalue weighted by atomic mass is 35.5. The molecule has 0 bridgehead atoms. The number of halogens is 1. The van der Waals surface area contributed by atoms with Gasteiger partial charge in [0.2, 0.25) is 0 Å². The average molecular weight is 357 g/mol. The van der Waals surface area contributed by atoms with Gasteiger partial charge in [-0.3, -0.25) is 9.69 Å². The molecule has 1 N–H and O–H groups in total. The SMILES string of the molecule is COC(=O)C(C)(C)CCN1CCNCC1c1ccccc1OC.Cl. The van der Waals surface area contributed by atoms with Crippen LogP contribution in [0.4, 0.5) is 0 Å². The zero-order chi connectivity index (χ0) is 16.9. The van der Waals surface area contributed by atoms with Gasteiger partial charge < -0.3 is 14.8 Å². The summed E-state index contributed by atoms with van der Waals surface area (Å²) in [5.41, 5.74) is 0.725. The number of methoxy groups -OCH3 is 2. The van der Waals surface area contributed by atoms with Gasteiger partial charge in [-0.05, 0) is 32.9 Å². The van der Waals surface area contributed by atoms with Gasteiger partial charge in [-0.2, -0.15) is 0 Å². The van der Waals surface area contributed by atoms with Crippen LogP contribution in [0.2, 0.25) is 0 Å². The Morgan fingerprint density at radius 1 is 1.33 bits per heavy atom. The first-order valence-electron chi connectivity index (χ1n) is 8.15. The van der Waals surface area contributed by atoms with E-state index in [1.807, 2.05) is 32.0 Å². The Morgan fingerprint density at radius 3 is 2.71 bits per heavy atom. The molecule has 6 heteroatoms. The Kier molecular flexibility index (Phi) is 8.00. The second-order valence-corrected chi connectivity index (χ2v) is 6.62. The molecule has 1 atom stereocenters. The van der Waals surface area contributed by atoms with E-state index in [1.165, 1.54) is 12.7 Å². The smallest absolute Gasteiger partial charge is 0.311 e. The molecule has 0 aliphatic carbocycles. The number of ether oxygens (including phenoxy) is 2. The number of nitrogens with zero attached hydrogens (tertiary/aromatic N) is 1. The van der Waals surface area contributed by atoms with Crippen LogP contribution < -0.4 is 10.1 Å². The van der Waals surface area contributed by atoms with Gasteiger partial charge >= 0.3 is 5.97 Å². The molecule has 1 aromatic rings. The normalized spacial score (nSPS) is 18.6. The van der Waals surface area contributed by atoms with Crippen molar-refractivity contribution in [3.8, 4) is 5.75 Å². The van der Waals surface area contributed by atoms with Crippen LogP contribution in [0.25, 0.3) is 0 Å². The highest BCUT2D eigenvalue weighted by Crippen LogP contribution is 2.31. The number of rotatable bonds is 6. The fourth-order valence-electron chi connectivity index (χ4n) is 3.06. The van der Waals surface area contributed by atoms with E-state index in [-0.39, 0.29) is 24.4 Å². The highest BCUT2D eigenvalue weighted by Gasteiger charge is 2.32. The van der Waals surface area contributed by atoms with Crippen LogP contribution in [-0.2, 0) is 9.53 Å². The molecular weight excluding hydrogens is 328 g/mol. The van der Waals surface area contributed by atoms with Crippen LogP contribution in [0.5, 0.6) is 5.75 Å². The second kappa shape index (κ2) is 9.25. The van der Waals surface area contributed by atoms with Crippen LogP contribution in [0.1, 0.15) is 31.9 Å². The van der Waals surface area contributed by atoms with Gasteiger partial charge in [-0.25, -0.2) is 0 Å². The number of esters is 1. The van der Waals surface area contributed by atoms with Crippen molar-refractivity contribution in [2.75, 3.05) is 40.4 Å². The molecule has 0 radical (unpaired) electrons. The maximum atomic E-state index is 11.9. The Labute approximate surface area is 151 Å². The van der Waals surface area contributed by atoms with Gasteiger partial charge in [0.15, 0.2) is 0 Å². The lowest BCUT2D eigenvalue weighted by Crippen LogP contribution is -2.47. The first-order valence-corrected chi connectivity index (χ1v) is 8.15. The molecule has 1 fully saturated rings. The van der Waals surface area contributed by atoms with Gasteiger partial charge in [0.1, 0.15) is 5.75 Å². The summed E-state index contributed by atoms with van der Waals surface area (Å²) < 4.78 is 10.4. The number of para-hydroxylation sites is 1. The summed E-state index contributed by atoms with van der Waals surface area (Å²) in [7, 11) is 3.16. The second-order valence-electron chi connectivity index (χ2n) is 6.62. The first-order chi connectivity index (χ1) is 11.0. The average Bonchev–Trinajstić information content (AvgIpc) is 2.59. The molecule has 5 nitrogen and oxygen atoms in total. The summed E-state index contributed by atoms with van der Waals surface area (Å²) in [5.74, 6) is 0.764. The van der Waals surface area contributed by atoms with Crippen LogP contribution in [0.15, 0.2) is 24.3 Å². The maximum absolute atomic E-state index is 11.9. The van der Waals surface area contributed by atoms with Gasteiger partial charge in [0, 0.05) is 25.2 Å². The Balaban J connectivity index is 0.00000288. The minimum absolute atomic E-state index is 0. The van der Waals surface area contributed by atoms with E-state index < -0.39 is 5.41 Å². The third-order valence-corrected chi connectivity index (χ3v) is 4.61. The zero-order valence-corrected chi connectivity index (χ0v) is 15.8. The lowest BCUT2D eigenvalue weighted by molar-refractivity contribution is -0.151. The Hall–Kier alpha value is -1.30. The topological polar surface area (TPSA) is 50.8 Å². The Morgan fingerprint density at radius 2 is 2.04 bits per heavy atom. The molecule has 0 amide bonds. The molecule has 1 heterocycles. The predicted octanol–water partition coefficient (Wildman–Crippen LogP) is 2.65. The lowest BCUT2D eigenvalue weighted by atomic mass is 9.88. The maximum Gasteiger partial charge on any atom is 0.311 e. The zero-order valence-electron chi connectivity index (χ0n) is 15.0. The molecule has 1 aliphatic rings. The summed E-state index contributed by atoms with van der Waals surface area (Å²) in [5, 5.41) is 3.46. The summed E-state index contributed by atoms with van der Waals surface area (Å²) in [6.07, 6.45) is 0.769. The van der Waals surface area contributed by atoms with Crippen molar-refractivity contribution in [3.63, 3.8) is 0 Å². The predicted molar refractivity (Wildman–Crippen MR) is 97.8 cm³/mol. The summed E-state index contributed by atoms with van der Waals surface area (Å²) in [6, 6.07) is 8.41. The van der Waals surface area contributed by atoms with Crippen LogP contribution in [-0.4, -0.2) is 51.3 Å². The van der Waals surface area contributed by atoms with Crippen molar-refractivity contribution in [2.45, 2.75) is 26.3 Å². The molecule has 0 spiro atoms. The third kappa shape index (κ3) is 4.85. The molecule has 1 aliphatic heterocycles. The molecule has 2 rings (SSSR count). The largest absolute Gasteiger partial charge is 0.496 e. The number of piperazine rings is 1. The molecule has 1 unspecified atom stereocenters. The number of carbonyl (C=O) groups excluding carboxylic acids is 1. The summed E-state index contributed by atoms with van der Waals surface area (Å²) >= 11 is 0. The minimum Gasteiger partial charge on any atom is -0.496 e. The molecule has 0 saturated carbocycles. The van der Waals surface area contributed by atoms with E-state index >= 15 is 0 Å². The highest BCUT2D eigenvalue weighted by molar-refractivity contribution is 5.85. The Bertz CT molecular complexity index is 537. The fourth-order valence-corrected chi connectivity index (χ4v) is 3.06. The fraction of sp³-hybridized carbons (Fsp3) is 0.611. The van der Waals surface area contributed by atoms with Crippen LogP contribution in [0.3, 0.4) is 0 Å². The minimum atomic E-state index is -0.467. The third-order valence-electron chi connectivity index (χ3n) is 4.61. The first kappa shape index (κ1) is 20.7. The number of carbonyl (C=O) groups is 1. The lowest BCUT2D eigenvalue weighted by Gasteiger charge is -2.38. The molecule has 24 heavy (non-hydrogen) atoms.